The monoisotopic (exact) mass is 412 g/mol. The van der Waals surface area contributed by atoms with Crippen molar-refractivity contribution < 1.29 is 36.6 Å². The lowest BCUT2D eigenvalue weighted by Gasteiger charge is -2.15. The molecule has 9 heteroatoms. The lowest BCUT2D eigenvalue weighted by atomic mass is 10.0. The molecule has 0 saturated carbocycles. The maximum atomic E-state index is 13.7. The highest BCUT2D eigenvalue weighted by Crippen LogP contribution is 2.39. The molecule has 0 atom stereocenters. The van der Waals surface area contributed by atoms with Crippen LogP contribution in [0.2, 0.25) is 0 Å². The van der Waals surface area contributed by atoms with Crippen LogP contribution >= 0.6 is 0 Å². The largest absolute Gasteiger partial charge is 0.507 e. The number of halogens is 4. The van der Waals surface area contributed by atoms with E-state index in [1.54, 1.807) is 0 Å². The minimum Gasteiger partial charge on any atom is -0.507 e. The fourth-order valence-electron chi connectivity index (χ4n) is 2.84. The number of hydrogen-bond donors (Lipinski definition) is 1. The zero-order chi connectivity index (χ0) is 21.2. The van der Waals surface area contributed by atoms with Gasteiger partial charge >= 0.3 is 6.18 Å². The van der Waals surface area contributed by atoms with E-state index in [-0.39, 0.29) is 42.1 Å². The summed E-state index contributed by atoms with van der Waals surface area (Å²) in [7, 11) is 1.45. The van der Waals surface area contributed by atoms with E-state index in [1.165, 1.54) is 19.2 Å². The molecule has 5 nitrogen and oxygen atoms in total. The third-order valence-corrected chi connectivity index (χ3v) is 4.21. The van der Waals surface area contributed by atoms with Crippen LogP contribution in [0.15, 0.2) is 45.6 Å². The molecule has 0 fully saturated rings. The van der Waals surface area contributed by atoms with Crippen molar-refractivity contribution in [2.24, 2.45) is 0 Å². The summed E-state index contributed by atoms with van der Waals surface area (Å²) in [6.45, 7) is 0.0665. The Kier molecular flexibility index (Phi) is 5.90. The second-order valence-electron chi connectivity index (χ2n) is 6.13. The van der Waals surface area contributed by atoms with Gasteiger partial charge in [0.15, 0.2) is 0 Å². The molecule has 1 heterocycles. The standard InChI is InChI=1S/C20H16F4O5/c1-27-8-9-28-10-14-15(25)7-6-13-17(26)16(11-2-4-12(21)5-3-11)19(20(22,23)24)29-18(13)14/h2-7,25H,8-10H2,1H3. The van der Waals surface area contributed by atoms with Crippen molar-refractivity contribution >= 4 is 11.0 Å². The highest BCUT2D eigenvalue weighted by Gasteiger charge is 2.39. The van der Waals surface area contributed by atoms with E-state index in [2.05, 4.69) is 0 Å². The van der Waals surface area contributed by atoms with Crippen LogP contribution in [0.4, 0.5) is 17.6 Å². The first-order chi connectivity index (χ1) is 13.7. The summed E-state index contributed by atoms with van der Waals surface area (Å²) < 4.78 is 69.4. The molecule has 0 amide bonds. The van der Waals surface area contributed by atoms with Crippen molar-refractivity contribution in [3.05, 3.63) is 63.8 Å². The summed E-state index contributed by atoms with van der Waals surface area (Å²) in [5.41, 5.74) is -2.34. The van der Waals surface area contributed by atoms with Gasteiger partial charge in [-0.15, -0.1) is 0 Å². The number of phenolic OH excluding ortho intramolecular Hbond substituents is 1. The van der Waals surface area contributed by atoms with E-state index >= 15 is 0 Å². The van der Waals surface area contributed by atoms with E-state index in [9.17, 15) is 27.5 Å². The average molecular weight is 412 g/mol. The average Bonchev–Trinajstić information content (AvgIpc) is 2.66. The van der Waals surface area contributed by atoms with E-state index < -0.39 is 34.3 Å². The summed E-state index contributed by atoms with van der Waals surface area (Å²) in [5, 5.41) is 9.90. The van der Waals surface area contributed by atoms with E-state index in [4.69, 9.17) is 13.9 Å². The van der Waals surface area contributed by atoms with Crippen molar-refractivity contribution in [1.82, 2.24) is 0 Å². The van der Waals surface area contributed by atoms with E-state index in [0.717, 1.165) is 24.3 Å². The minimum absolute atomic E-state index is 0.0909. The molecule has 29 heavy (non-hydrogen) atoms. The molecule has 0 unspecified atom stereocenters. The van der Waals surface area contributed by atoms with Crippen LogP contribution in [0.25, 0.3) is 22.1 Å². The molecule has 0 radical (unpaired) electrons. The smallest absolute Gasteiger partial charge is 0.450 e. The molecule has 1 N–H and O–H groups in total. The van der Waals surface area contributed by atoms with Crippen molar-refractivity contribution in [3.8, 4) is 16.9 Å². The predicted octanol–water partition coefficient (Wildman–Crippen LogP) is 4.49. The van der Waals surface area contributed by atoms with Gasteiger partial charge in [-0.05, 0) is 29.8 Å². The summed E-state index contributed by atoms with van der Waals surface area (Å²) in [6, 6.07) is 6.38. The Hall–Kier alpha value is -2.91. The van der Waals surface area contributed by atoms with Gasteiger partial charge < -0.3 is 19.0 Å². The number of benzene rings is 2. The number of hydrogen-bond acceptors (Lipinski definition) is 5. The van der Waals surface area contributed by atoms with Gasteiger partial charge in [-0.25, -0.2) is 4.39 Å². The molecule has 0 saturated heterocycles. The topological polar surface area (TPSA) is 68.9 Å². The van der Waals surface area contributed by atoms with E-state index in [0.29, 0.717) is 0 Å². The van der Waals surface area contributed by atoms with Gasteiger partial charge in [0.2, 0.25) is 11.2 Å². The molecule has 0 aliphatic heterocycles. The molecular formula is C20H16F4O5. The summed E-state index contributed by atoms with van der Waals surface area (Å²) >= 11 is 0. The van der Waals surface area contributed by atoms with Gasteiger partial charge in [-0.3, -0.25) is 4.79 Å². The fourth-order valence-corrected chi connectivity index (χ4v) is 2.84. The Morgan fingerprint density at radius 3 is 2.38 bits per heavy atom. The maximum Gasteiger partial charge on any atom is 0.450 e. The molecule has 3 rings (SSSR count). The molecule has 154 valence electrons. The van der Waals surface area contributed by atoms with E-state index in [1.807, 2.05) is 0 Å². The summed E-state index contributed by atoms with van der Waals surface area (Å²) in [6.07, 6.45) is -5.00. The number of alkyl halides is 3. The van der Waals surface area contributed by atoms with Crippen molar-refractivity contribution in [3.63, 3.8) is 0 Å². The second kappa shape index (κ2) is 8.22. The number of aromatic hydroxyl groups is 1. The number of phenols is 1. The lowest BCUT2D eigenvalue weighted by molar-refractivity contribution is -0.152. The fraction of sp³-hybridized carbons (Fsp3) is 0.250. The van der Waals surface area contributed by atoms with Gasteiger partial charge in [-0.2, -0.15) is 13.2 Å². The molecular weight excluding hydrogens is 396 g/mol. The SMILES string of the molecule is COCCOCc1c(O)ccc2c(=O)c(-c3ccc(F)cc3)c(C(F)(F)F)oc12. The van der Waals surface area contributed by atoms with Crippen LogP contribution in [0, 0.1) is 5.82 Å². The number of methoxy groups -OCH3 is 1. The molecule has 0 aliphatic carbocycles. The first-order valence-corrected chi connectivity index (χ1v) is 8.45. The molecule has 0 aliphatic rings. The summed E-state index contributed by atoms with van der Waals surface area (Å²) in [5.74, 6) is -2.57. The van der Waals surface area contributed by atoms with Crippen LogP contribution in [-0.4, -0.2) is 25.4 Å². The van der Waals surface area contributed by atoms with Crippen LogP contribution in [0.5, 0.6) is 5.75 Å². The Morgan fingerprint density at radius 1 is 1.07 bits per heavy atom. The highest BCUT2D eigenvalue weighted by molar-refractivity contribution is 5.86. The molecule has 0 bridgehead atoms. The third-order valence-electron chi connectivity index (χ3n) is 4.21. The Bertz CT molecular complexity index is 1070. The first kappa shape index (κ1) is 20.8. The van der Waals surface area contributed by atoms with Crippen LogP contribution in [0.3, 0.4) is 0 Å². The first-order valence-electron chi connectivity index (χ1n) is 8.45. The van der Waals surface area contributed by atoms with Gasteiger partial charge in [-0.1, -0.05) is 12.1 Å². The second-order valence-corrected chi connectivity index (χ2v) is 6.13. The van der Waals surface area contributed by atoms with Crippen LogP contribution < -0.4 is 5.43 Å². The molecule has 2 aromatic carbocycles. The van der Waals surface area contributed by atoms with Gasteiger partial charge in [0, 0.05) is 7.11 Å². The van der Waals surface area contributed by atoms with Crippen molar-refractivity contribution in [1.29, 1.82) is 0 Å². The van der Waals surface area contributed by atoms with Gasteiger partial charge in [0.1, 0.15) is 17.1 Å². The molecule has 1 aromatic heterocycles. The lowest BCUT2D eigenvalue weighted by Crippen LogP contribution is -2.16. The summed E-state index contributed by atoms with van der Waals surface area (Å²) in [4.78, 5) is 12.9. The Labute approximate surface area is 162 Å². The zero-order valence-electron chi connectivity index (χ0n) is 15.2. The van der Waals surface area contributed by atoms with Crippen LogP contribution in [-0.2, 0) is 22.3 Å². The van der Waals surface area contributed by atoms with Gasteiger partial charge in [0.25, 0.3) is 0 Å². The molecule has 3 aromatic rings. The number of ether oxygens (including phenoxy) is 2. The van der Waals surface area contributed by atoms with Gasteiger partial charge in [0.05, 0.1) is 36.3 Å². The zero-order valence-corrected chi connectivity index (χ0v) is 15.2. The predicted molar refractivity (Wildman–Crippen MR) is 96.1 cm³/mol. The number of rotatable bonds is 6. The maximum absolute atomic E-state index is 13.7. The third kappa shape index (κ3) is 4.25. The quantitative estimate of drug-likeness (QED) is 0.477. The van der Waals surface area contributed by atoms with Crippen molar-refractivity contribution in [2.75, 3.05) is 20.3 Å². The molecule has 0 spiro atoms. The highest BCUT2D eigenvalue weighted by atomic mass is 19.4. The van der Waals surface area contributed by atoms with Crippen molar-refractivity contribution in [2.45, 2.75) is 12.8 Å². The Morgan fingerprint density at radius 2 is 1.76 bits per heavy atom. The normalized spacial score (nSPS) is 11.9. The number of fused-ring (bicyclic) bond motifs is 1. The minimum atomic E-state index is -5.00. The van der Waals surface area contributed by atoms with Crippen LogP contribution in [0.1, 0.15) is 11.3 Å². The Balaban J connectivity index is 2.25.